The average molecular weight is 271 g/mol. The Labute approximate surface area is 117 Å². The molecule has 20 heavy (non-hydrogen) atoms. The molecule has 1 fully saturated rings. The van der Waals surface area contributed by atoms with E-state index in [9.17, 15) is 4.79 Å². The first-order valence-electron chi connectivity index (χ1n) is 6.77. The molecule has 1 atom stereocenters. The number of carbonyl (C=O) groups is 1. The van der Waals surface area contributed by atoms with Crippen molar-refractivity contribution in [2.45, 2.75) is 31.2 Å². The monoisotopic (exact) mass is 271 g/mol. The molecule has 0 bridgehead atoms. The number of carboxylic acid groups (broad SMARTS) is 1. The fourth-order valence-corrected chi connectivity index (χ4v) is 2.41. The molecule has 1 aromatic heterocycles. The highest BCUT2D eigenvalue weighted by Crippen LogP contribution is 2.40. The first-order valence-corrected chi connectivity index (χ1v) is 6.77. The zero-order valence-electron chi connectivity index (χ0n) is 11.1. The molecule has 2 aromatic rings. The number of benzene rings is 1. The summed E-state index contributed by atoms with van der Waals surface area (Å²) in [5.41, 5.74) is 8.90. The number of aliphatic carboxylic acids is 1. The van der Waals surface area contributed by atoms with E-state index in [1.807, 2.05) is 35.0 Å². The Balaban J connectivity index is 1.90. The number of nitrogens with zero attached hydrogens (tertiary/aromatic N) is 2. The third-order valence-electron chi connectivity index (χ3n) is 3.61. The molecule has 1 saturated carbocycles. The zero-order chi connectivity index (χ0) is 14.1. The Morgan fingerprint density at radius 2 is 2.25 bits per heavy atom. The number of nitrogens with two attached hydrogens (primary N) is 1. The molecule has 0 radical (unpaired) electrons. The van der Waals surface area contributed by atoms with Gasteiger partial charge in [0.2, 0.25) is 0 Å². The molecule has 5 heteroatoms. The highest BCUT2D eigenvalue weighted by molar-refractivity contribution is 5.68. The summed E-state index contributed by atoms with van der Waals surface area (Å²) in [4.78, 5) is 10.8. The molecule has 1 unspecified atom stereocenters. The van der Waals surface area contributed by atoms with Crippen LogP contribution < -0.4 is 5.73 Å². The van der Waals surface area contributed by atoms with Crippen LogP contribution in [-0.4, -0.2) is 20.9 Å². The van der Waals surface area contributed by atoms with Crippen molar-refractivity contribution < 1.29 is 9.90 Å². The van der Waals surface area contributed by atoms with Gasteiger partial charge in [0.15, 0.2) is 0 Å². The van der Waals surface area contributed by atoms with E-state index in [1.54, 1.807) is 6.20 Å². The van der Waals surface area contributed by atoms with E-state index < -0.39 is 12.0 Å². The Morgan fingerprint density at radius 3 is 2.95 bits per heavy atom. The molecule has 1 heterocycles. The summed E-state index contributed by atoms with van der Waals surface area (Å²) in [5.74, 6) is -0.283. The minimum atomic E-state index is -0.888. The van der Waals surface area contributed by atoms with Crippen LogP contribution in [0.4, 0.5) is 0 Å². The summed E-state index contributed by atoms with van der Waals surface area (Å²) in [6, 6.07) is 9.19. The van der Waals surface area contributed by atoms with Crippen molar-refractivity contribution in [1.82, 2.24) is 9.78 Å². The molecule has 3 N–H and O–H groups in total. The molecule has 1 aliphatic carbocycles. The van der Waals surface area contributed by atoms with Crippen molar-refractivity contribution >= 4 is 5.97 Å². The third kappa shape index (κ3) is 2.58. The van der Waals surface area contributed by atoms with Crippen molar-refractivity contribution in [2.24, 2.45) is 5.73 Å². The summed E-state index contributed by atoms with van der Waals surface area (Å²) in [6.07, 6.45) is 4.16. The maximum absolute atomic E-state index is 10.8. The highest BCUT2D eigenvalue weighted by Gasteiger charge is 2.27. The quantitative estimate of drug-likeness (QED) is 0.873. The number of carboxylic acids is 1. The average Bonchev–Trinajstić information content (AvgIpc) is 3.15. The Kier molecular flexibility index (Phi) is 3.28. The van der Waals surface area contributed by atoms with E-state index in [0.717, 1.165) is 11.3 Å². The third-order valence-corrected chi connectivity index (χ3v) is 3.61. The summed E-state index contributed by atoms with van der Waals surface area (Å²) < 4.78 is 1.93. The fraction of sp³-hybridized carbons (Fsp3) is 0.333. The van der Waals surface area contributed by atoms with Crippen LogP contribution in [-0.2, 0) is 4.79 Å². The molecule has 104 valence electrons. The lowest BCUT2D eigenvalue weighted by Gasteiger charge is -2.12. The lowest BCUT2D eigenvalue weighted by atomic mass is 10.0. The second kappa shape index (κ2) is 5.09. The summed E-state index contributed by atoms with van der Waals surface area (Å²) >= 11 is 0. The maximum atomic E-state index is 10.8. The van der Waals surface area contributed by atoms with Crippen molar-refractivity contribution in [1.29, 1.82) is 0 Å². The molecule has 0 saturated heterocycles. The van der Waals surface area contributed by atoms with Gasteiger partial charge in [-0.1, -0.05) is 12.1 Å². The molecule has 1 aliphatic rings. The minimum absolute atomic E-state index is 0.0714. The standard InChI is InChI=1S/C15H17N3O2/c16-13(9-15(19)20)11-2-1-3-12(8-11)18-14(6-7-17-18)10-4-5-10/h1-3,6-8,10,13H,4-5,9,16H2,(H,19,20). The lowest BCUT2D eigenvalue weighted by molar-refractivity contribution is -0.137. The van der Waals surface area contributed by atoms with Gasteiger partial charge < -0.3 is 10.8 Å². The van der Waals surface area contributed by atoms with E-state index in [-0.39, 0.29) is 6.42 Å². The summed E-state index contributed by atoms with van der Waals surface area (Å²) in [7, 11) is 0. The van der Waals surface area contributed by atoms with Crippen LogP contribution in [0.1, 0.15) is 42.5 Å². The number of hydrogen-bond acceptors (Lipinski definition) is 3. The molecule has 3 rings (SSSR count). The van der Waals surface area contributed by atoms with Crippen molar-refractivity contribution in [3.05, 3.63) is 47.8 Å². The SMILES string of the molecule is NC(CC(=O)O)c1cccc(-n2nccc2C2CC2)c1. The van der Waals surface area contributed by atoms with Crippen LogP contribution in [0, 0.1) is 0 Å². The normalized spacial score (nSPS) is 16.1. The second-order valence-corrected chi connectivity index (χ2v) is 5.24. The molecular weight excluding hydrogens is 254 g/mol. The van der Waals surface area contributed by atoms with Crippen LogP contribution in [0.25, 0.3) is 5.69 Å². The second-order valence-electron chi connectivity index (χ2n) is 5.24. The molecule has 1 aromatic carbocycles. The molecule has 0 aliphatic heterocycles. The van der Waals surface area contributed by atoms with Gasteiger partial charge in [-0.3, -0.25) is 4.79 Å². The van der Waals surface area contributed by atoms with E-state index in [4.69, 9.17) is 10.8 Å². The van der Waals surface area contributed by atoms with Crippen molar-refractivity contribution in [2.75, 3.05) is 0 Å². The van der Waals surface area contributed by atoms with Crippen LogP contribution in [0.3, 0.4) is 0 Å². The smallest absolute Gasteiger partial charge is 0.305 e. The number of aromatic nitrogens is 2. The van der Waals surface area contributed by atoms with Crippen molar-refractivity contribution in [3.63, 3.8) is 0 Å². The number of rotatable bonds is 5. The fourth-order valence-electron chi connectivity index (χ4n) is 2.41. The van der Waals surface area contributed by atoms with Gasteiger partial charge in [-0.15, -0.1) is 0 Å². The van der Waals surface area contributed by atoms with Crippen LogP contribution >= 0.6 is 0 Å². The van der Waals surface area contributed by atoms with Crippen LogP contribution in [0.5, 0.6) is 0 Å². The minimum Gasteiger partial charge on any atom is -0.481 e. The summed E-state index contributed by atoms with van der Waals surface area (Å²) in [6.45, 7) is 0. The first-order chi connectivity index (χ1) is 9.65. The zero-order valence-corrected chi connectivity index (χ0v) is 11.1. The molecular formula is C15H17N3O2. The van der Waals surface area contributed by atoms with Gasteiger partial charge in [-0.25, -0.2) is 4.68 Å². The predicted molar refractivity (Wildman–Crippen MR) is 74.7 cm³/mol. The van der Waals surface area contributed by atoms with Gasteiger partial charge >= 0.3 is 5.97 Å². The summed E-state index contributed by atoms with van der Waals surface area (Å²) in [5, 5.41) is 13.2. The predicted octanol–water partition coefficient (Wildman–Crippen LogP) is 2.22. The van der Waals surface area contributed by atoms with Gasteiger partial charge in [0.05, 0.1) is 12.1 Å². The lowest BCUT2D eigenvalue weighted by Crippen LogP contribution is -2.15. The largest absolute Gasteiger partial charge is 0.481 e. The molecule has 0 amide bonds. The Morgan fingerprint density at radius 1 is 1.45 bits per heavy atom. The van der Waals surface area contributed by atoms with Gasteiger partial charge in [0, 0.05) is 23.9 Å². The van der Waals surface area contributed by atoms with E-state index >= 15 is 0 Å². The van der Waals surface area contributed by atoms with E-state index in [1.165, 1.54) is 18.5 Å². The number of hydrogen-bond donors (Lipinski definition) is 2. The Hall–Kier alpha value is -2.14. The maximum Gasteiger partial charge on any atom is 0.305 e. The van der Waals surface area contributed by atoms with Gasteiger partial charge in [-0.2, -0.15) is 5.10 Å². The van der Waals surface area contributed by atoms with Gasteiger partial charge in [0.1, 0.15) is 0 Å². The highest BCUT2D eigenvalue weighted by atomic mass is 16.4. The topological polar surface area (TPSA) is 81.1 Å². The van der Waals surface area contributed by atoms with E-state index in [2.05, 4.69) is 5.10 Å². The van der Waals surface area contributed by atoms with Crippen LogP contribution in [0.15, 0.2) is 36.5 Å². The van der Waals surface area contributed by atoms with E-state index in [0.29, 0.717) is 5.92 Å². The van der Waals surface area contributed by atoms with Crippen LogP contribution in [0.2, 0.25) is 0 Å². The van der Waals surface area contributed by atoms with Gasteiger partial charge in [0.25, 0.3) is 0 Å². The van der Waals surface area contributed by atoms with Crippen molar-refractivity contribution in [3.8, 4) is 5.69 Å². The Bertz CT molecular complexity index is 632. The first kappa shape index (κ1) is 12.9. The molecule has 0 spiro atoms. The van der Waals surface area contributed by atoms with Gasteiger partial charge in [-0.05, 0) is 36.6 Å². The molecule has 5 nitrogen and oxygen atoms in total.